The van der Waals surface area contributed by atoms with Crippen LogP contribution in [-0.4, -0.2) is 42.8 Å². The molecule has 1 rings (SSSR count). The van der Waals surface area contributed by atoms with Gasteiger partial charge in [-0.05, 0) is 26.7 Å². The molecule has 1 aliphatic rings. The summed E-state index contributed by atoms with van der Waals surface area (Å²) in [6.45, 7) is 4.93. The van der Waals surface area contributed by atoms with Crippen LogP contribution in [0, 0.1) is 0 Å². The Morgan fingerprint density at radius 1 is 1.29 bits per heavy atom. The van der Waals surface area contributed by atoms with E-state index in [4.69, 9.17) is 9.47 Å². The lowest BCUT2D eigenvalue weighted by Gasteiger charge is -2.20. The van der Waals surface area contributed by atoms with Crippen molar-refractivity contribution in [2.75, 3.05) is 19.8 Å². The predicted molar refractivity (Wildman–Crippen MR) is 62.5 cm³/mol. The van der Waals surface area contributed by atoms with Crippen LogP contribution in [0.15, 0.2) is 12.2 Å². The topological polar surface area (TPSA) is 55.8 Å². The van der Waals surface area contributed by atoms with E-state index >= 15 is 0 Å². The molecule has 0 aromatic rings. The van der Waals surface area contributed by atoms with Gasteiger partial charge in [0.25, 0.3) is 0 Å². The molecule has 0 aromatic heterocycles. The average molecular weight is 241 g/mol. The largest absolute Gasteiger partial charge is 0.463 e. The van der Waals surface area contributed by atoms with E-state index < -0.39 is 0 Å². The number of carbonyl (C=O) groups is 2. The molecule has 96 valence electrons. The highest BCUT2D eigenvalue weighted by Gasteiger charge is 2.27. The van der Waals surface area contributed by atoms with Crippen LogP contribution < -0.4 is 0 Å². The molecule has 0 bridgehead atoms. The molecule has 0 N–H and O–H groups in total. The molecule has 1 saturated heterocycles. The predicted octanol–water partition coefficient (Wildman–Crippen LogP) is 1.73. The Morgan fingerprint density at radius 3 is 2.65 bits per heavy atom. The van der Waals surface area contributed by atoms with Gasteiger partial charge in [0.2, 0.25) is 0 Å². The van der Waals surface area contributed by atoms with Gasteiger partial charge in [-0.1, -0.05) is 6.08 Å². The highest BCUT2D eigenvalue weighted by Crippen LogP contribution is 2.19. The van der Waals surface area contributed by atoms with E-state index in [2.05, 4.69) is 0 Å². The minimum Gasteiger partial charge on any atom is -0.463 e. The normalized spacial score (nSPS) is 19.6. The van der Waals surface area contributed by atoms with Crippen LogP contribution in [0.25, 0.3) is 0 Å². The summed E-state index contributed by atoms with van der Waals surface area (Å²) in [6.07, 6.45) is 4.56. The third-order valence-electron chi connectivity index (χ3n) is 2.54. The number of hydrogen-bond donors (Lipinski definition) is 0. The van der Waals surface area contributed by atoms with Crippen molar-refractivity contribution in [3.05, 3.63) is 12.2 Å². The molecule has 5 nitrogen and oxygen atoms in total. The molecule has 1 heterocycles. The lowest BCUT2D eigenvalue weighted by atomic mass is 10.2. The SMILES string of the molecule is CCOC(=O)/C=C/[C@@H]1CCCN1C(=O)OCC. The number of ether oxygens (including phenoxy) is 2. The molecular weight excluding hydrogens is 222 g/mol. The van der Waals surface area contributed by atoms with E-state index in [1.807, 2.05) is 0 Å². The van der Waals surface area contributed by atoms with Gasteiger partial charge in [0.05, 0.1) is 19.3 Å². The number of hydrogen-bond acceptors (Lipinski definition) is 4. The van der Waals surface area contributed by atoms with Crippen molar-refractivity contribution in [1.29, 1.82) is 0 Å². The van der Waals surface area contributed by atoms with Crippen LogP contribution in [0.1, 0.15) is 26.7 Å². The Labute approximate surface area is 101 Å². The zero-order chi connectivity index (χ0) is 12.7. The zero-order valence-electron chi connectivity index (χ0n) is 10.3. The van der Waals surface area contributed by atoms with Gasteiger partial charge in [-0.3, -0.25) is 0 Å². The standard InChI is InChI=1S/C12H19NO4/c1-3-16-11(14)8-7-10-6-5-9-13(10)12(15)17-4-2/h7-8,10H,3-6,9H2,1-2H3/b8-7+/t10-/m0/s1. The van der Waals surface area contributed by atoms with Crippen molar-refractivity contribution in [2.24, 2.45) is 0 Å². The highest BCUT2D eigenvalue weighted by molar-refractivity contribution is 5.82. The maximum Gasteiger partial charge on any atom is 0.410 e. The molecule has 0 radical (unpaired) electrons. The van der Waals surface area contributed by atoms with E-state index in [1.165, 1.54) is 6.08 Å². The Morgan fingerprint density at radius 2 is 2.00 bits per heavy atom. The number of amides is 1. The van der Waals surface area contributed by atoms with Crippen LogP contribution in [0.5, 0.6) is 0 Å². The summed E-state index contributed by atoms with van der Waals surface area (Å²) in [7, 11) is 0. The van der Waals surface area contributed by atoms with Gasteiger partial charge >= 0.3 is 12.1 Å². The first-order valence-corrected chi connectivity index (χ1v) is 5.97. The van der Waals surface area contributed by atoms with E-state index in [9.17, 15) is 9.59 Å². The first-order chi connectivity index (χ1) is 8.19. The Kier molecular flexibility index (Phi) is 5.52. The molecule has 0 aliphatic carbocycles. The number of esters is 1. The molecule has 17 heavy (non-hydrogen) atoms. The smallest absolute Gasteiger partial charge is 0.410 e. The Hall–Kier alpha value is -1.52. The molecule has 1 amide bonds. The van der Waals surface area contributed by atoms with Crippen LogP contribution in [0.2, 0.25) is 0 Å². The fourth-order valence-electron chi connectivity index (χ4n) is 1.81. The Balaban J connectivity index is 2.51. The second-order valence-electron chi connectivity index (χ2n) is 3.71. The first-order valence-electron chi connectivity index (χ1n) is 5.97. The third kappa shape index (κ3) is 4.09. The van der Waals surface area contributed by atoms with Crippen molar-refractivity contribution in [1.82, 2.24) is 4.90 Å². The quantitative estimate of drug-likeness (QED) is 0.555. The number of rotatable bonds is 4. The maximum atomic E-state index is 11.6. The van der Waals surface area contributed by atoms with Crippen LogP contribution in [0.4, 0.5) is 4.79 Å². The van der Waals surface area contributed by atoms with Gasteiger partial charge in [-0.15, -0.1) is 0 Å². The highest BCUT2D eigenvalue weighted by atomic mass is 16.6. The summed E-state index contributed by atoms with van der Waals surface area (Å²) in [5, 5.41) is 0. The van der Waals surface area contributed by atoms with Gasteiger partial charge in [-0.2, -0.15) is 0 Å². The van der Waals surface area contributed by atoms with E-state index in [0.717, 1.165) is 12.8 Å². The van der Waals surface area contributed by atoms with Gasteiger partial charge < -0.3 is 14.4 Å². The van der Waals surface area contributed by atoms with Crippen LogP contribution >= 0.6 is 0 Å². The molecule has 0 unspecified atom stereocenters. The zero-order valence-corrected chi connectivity index (χ0v) is 10.3. The van der Waals surface area contributed by atoms with E-state index in [0.29, 0.717) is 19.8 Å². The second-order valence-corrected chi connectivity index (χ2v) is 3.71. The Bertz CT molecular complexity index is 301. The first kappa shape index (κ1) is 13.5. The van der Waals surface area contributed by atoms with Crippen molar-refractivity contribution in [3.8, 4) is 0 Å². The number of likely N-dealkylation sites (tertiary alicyclic amines) is 1. The molecular formula is C12H19NO4. The van der Waals surface area contributed by atoms with Crippen LogP contribution in [-0.2, 0) is 14.3 Å². The van der Waals surface area contributed by atoms with Crippen LogP contribution in [0.3, 0.4) is 0 Å². The van der Waals surface area contributed by atoms with Gasteiger partial charge in [0.15, 0.2) is 0 Å². The minimum absolute atomic E-state index is 0.0570. The molecule has 0 saturated carbocycles. The van der Waals surface area contributed by atoms with Gasteiger partial charge in [0, 0.05) is 12.6 Å². The van der Waals surface area contributed by atoms with Gasteiger partial charge in [0.1, 0.15) is 0 Å². The molecule has 1 atom stereocenters. The number of nitrogens with zero attached hydrogens (tertiary/aromatic N) is 1. The minimum atomic E-state index is -0.372. The summed E-state index contributed by atoms with van der Waals surface area (Å²) in [5.74, 6) is -0.372. The van der Waals surface area contributed by atoms with Crippen molar-refractivity contribution < 1.29 is 19.1 Å². The van der Waals surface area contributed by atoms with Crippen molar-refractivity contribution in [3.63, 3.8) is 0 Å². The summed E-state index contributed by atoms with van der Waals surface area (Å²) in [6, 6.07) is -0.0570. The average Bonchev–Trinajstić information content (AvgIpc) is 2.75. The third-order valence-corrected chi connectivity index (χ3v) is 2.54. The van der Waals surface area contributed by atoms with E-state index in [1.54, 1.807) is 24.8 Å². The second kappa shape index (κ2) is 6.93. The maximum absolute atomic E-state index is 11.6. The fourth-order valence-corrected chi connectivity index (χ4v) is 1.81. The lowest BCUT2D eigenvalue weighted by molar-refractivity contribution is -0.137. The monoisotopic (exact) mass is 241 g/mol. The summed E-state index contributed by atoms with van der Waals surface area (Å²) >= 11 is 0. The van der Waals surface area contributed by atoms with Crippen molar-refractivity contribution in [2.45, 2.75) is 32.7 Å². The summed E-state index contributed by atoms with van der Waals surface area (Å²) < 4.78 is 9.73. The fraction of sp³-hybridized carbons (Fsp3) is 0.667. The molecule has 5 heteroatoms. The molecule has 0 spiro atoms. The summed E-state index contributed by atoms with van der Waals surface area (Å²) in [4.78, 5) is 24.4. The molecule has 0 aromatic carbocycles. The molecule has 1 aliphatic heterocycles. The molecule has 1 fully saturated rings. The van der Waals surface area contributed by atoms with Crippen molar-refractivity contribution >= 4 is 12.1 Å². The summed E-state index contributed by atoms with van der Waals surface area (Å²) in [5.41, 5.74) is 0. The number of carbonyl (C=O) groups excluding carboxylic acids is 2. The van der Waals surface area contributed by atoms with Gasteiger partial charge in [-0.25, -0.2) is 9.59 Å². The van der Waals surface area contributed by atoms with E-state index in [-0.39, 0.29) is 18.1 Å². The lowest BCUT2D eigenvalue weighted by Crippen LogP contribution is -2.34.